The van der Waals surface area contributed by atoms with Gasteiger partial charge in [0.05, 0.1) is 0 Å². The lowest BCUT2D eigenvalue weighted by molar-refractivity contribution is -0.145. The molecule has 17 heavy (non-hydrogen) atoms. The Bertz CT molecular complexity index is 305. The highest BCUT2D eigenvalue weighted by molar-refractivity contribution is 5.83. The van der Waals surface area contributed by atoms with Crippen LogP contribution in [0.25, 0.3) is 4.85 Å². The van der Waals surface area contributed by atoms with Crippen molar-refractivity contribution in [3.8, 4) is 0 Å². The molecule has 0 aromatic rings. The first kappa shape index (κ1) is 13.5. The van der Waals surface area contributed by atoms with E-state index in [4.69, 9.17) is 11.3 Å². The minimum atomic E-state index is -0.994. The van der Waals surface area contributed by atoms with Crippen molar-refractivity contribution in [3.05, 3.63) is 11.4 Å². The minimum absolute atomic E-state index is 0.159. The third-order valence-corrected chi connectivity index (χ3v) is 3.05. The summed E-state index contributed by atoms with van der Waals surface area (Å²) in [5.41, 5.74) is 0. The van der Waals surface area contributed by atoms with Crippen molar-refractivity contribution in [1.82, 2.24) is 5.32 Å². The van der Waals surface area contributed by atoms with Gasteiger partial charge >= 0.3 is 0 Å². The molecule has 2 unspecified atom stereocenters. The van der Waals surface area contributed by atoms with E-state index in [0.717, 1.165) is 25.7 Å². The third kappa shape index (κ3) is 4.06. The molecule has 0 bridgehead atoms. The molecular formula is C12H18N2O3. The molecular weight excluding hydrogens is 220 g/mol. The highest BCUT2D eigenvalue weighted by Crippen LogP contribution is 2.17. The normalized spacial score (nSPS) is 19.8. The molecule has 0 saturated heterocycles. The monoisotopic (exact) mass is 238 g/mol. The zero-order valence-corrected chi connectivity index (χ0v) is 10.0. The maximum Gasteiger partial charge on any atom is 0.294 e. The van der Waals surface area contributed by atoms with Crippen molar-refractivity contribution >= 4 is 12.4 Å². The van der Waals surface area contributed by atoms with Crippen LogP contribution in [-0.4, -0.2) is 30.6 Å². The third-order valence-electron chi connectivity index (χ3n) is 3.05. The number of carbonyl (C=O) groups is 2. The van der Waals surface area contributed by atoms with Crippen LogP contribution in [-0.2, 0) is 14.3 Å². The van der Waals surface area contributed by atoms with Crippen LogP contribution < -0.4 is 5.32 Å². The summed E-state index contributed by atoms with van der Waals surface area (Å²) in [5, 5.41) is 2.85. The molecule has 94 valence electrons. The van der Waals surface area contributed by atoms with Crippen molar-refractivity contribution in [1.29, 1.82) is 0 Å². The lowest BCUT2D eigenvalue weighted by Gasteiger charge is -2.24. The van der Waals surface area contributed by atoms with E-state index in [1.165, 1.54) is 6.42 Å². The van der Waals surface area contributed by atoms with Gasteiger partial charge in [-0.15, -0.1) is 0 Å². The quantitative estimate of drug-likeness (QED) is 0.580. The van der Waals surface area contributed by atoms with Gasteiger partial charge in [0.25, 0.3) is 24.5 Å². The first-order chi connectivity index (χ1) is 8.19. The van der Waals surface area contributed by atoms with Crippen molar-refractivity contribution in [2.45, 2.75) is 57.2 Å². The van der Waals surface area contributed by atoms with Crippen molar-refractivity contribution in [3.63, 3.8) is 0 Å². The Kier molecular flexibility index (Phi) is 5.47. The lowest BCUT2D eigenvalue weighted by atomic mass is 9.95. The predicted molar refractivity (Wildman–Crippen MR) is 62.0 cm³/mol. The summed E-state index contributed by atoms with van der Waals surface area (Å²) in [4.78, 5) is 25.4. The molecule has 1 N–H and O–H groups in total. The Labute approximate surface area is 101 Å². The summed E-state index contributed by atoms with van der Waals surface area (Å²) in [6.07, 6.45) is 4.37. The zero-order valence-electron chi connectivity index (χ0n) is 10.0. The first-order valence-corrected chi connectivity index (χ1v) is 5.95. The average molecular weight is 238 g/mol. The number of nitrogens with one attached hydrogen (secondary N) is 1. The van der Waals surface area contributed by atoms with Gasteiger partial charge in [-0.1, -0.05) is 19.3 Å². The fourth-order valence-electron chi connectivity index (χ4n) is 2.05. The number of nitrogens with zero attached hydrogens (tertiary/aromatic N) is 1. The van der Waals surface area contributed by atoms with E-state index in [1.807, 2.05) is 0 Å². The van der Waals surface area contributed by atoms with Gasteiger partial charge in [0.1, 0.15) is 0 Å². The lowest BCUT2D eigenvalue weighted by Crippen LogP contribution is -2.46. The molecule has 2 atom stereocenters. The molecule has 1 rings (SSSR count). The molecule has 0 spiro atoms. The second kappa shape index (κ2) is 6.89. The number of hydrogen-bond donors (Lipinski definition) is 1. The number of ether oxygens (including phenoxy) is 1. The van der Waals surface area contributed by atoms with Crippen molar-refractivity contribution in [2.24, 2.45) is 0 Å². The van der Waals surface area contributed by atoms with Gasteiger partial charge in [0.2, 0.25) is 0 Å². The predicted octanol–water partition coefficient (Wildman–Crippen LogP) is 1.28. The second-order valence-electron chi connectivity index (χ2n) is 4.37. The first-order valence-electron chi connectivity index (χ1n) is 5.95. The van der Waals surface area contributed by atoms with Crippen molar-refractivity contribution < 1.29 is 14.3 Å². The van der Waals surface area contributed by atoms with E-state index in [2.05, 4.69) is 10.2 Å². The fourth-order valence-corrected chi connectivity index (χ4v) is 2.05. The molecule has 1 aliphatic carbocycles. The average Bonchev–Trinajstić information content (AvgIpc) is 2.36. The van der Waals surface area contributed by atoms with Crippen LogP contribution in [0.4, 0.5) is 0 Å². The van der Waals surface area contributed by atoms with Crippen LogP contribution >= 0.6 is 0 Å². The fraction of sp³-hybridized carbons (Fsp3) is 0.750. The molecule has 0 heterocycles. The number of hydrogen-bond acceptors (Lipinski definition) is 3. The maximum absolute atomic E-state index is 11.9. The van der Waals surface area contributed by atoms with Gasteiger partial charge in [-0.3, -0.25) is 9.59 Å². The smallest absolute Gasteiger partial charge is 0.294 e. The summed E-state index contributed by atoms with van der Waals surface area (Å²) in [6, 6.07) is -0.490. The molecule has 0 radical (unpaired) electrons. The summed E-state index contributed by atoms with van der Waals surface area (Å²) in [5.74, 6) is -0.354. The maximum atomic E-state index is 11.9. The highest BCUT2D eigenvalue weighted by Gasteiger charge is 2.32. The Morgan fingerprint density at radius 1 is 1.47 bits per heavy atom. The molecule has 1 fully saturated rings. The standard InChI is InChI=1S/C12H18N2O3/c1-9(13-2)11(17-8-15)12(16)14-10-6-4-3-5-7-10/h8-11H,3-7H2,1H3,(H,14,16). The molecule has 0 aromatic heterocycles. The largest absolute Gasteiger partial charge is 0.446 e. The van der Waals surface area contributed by atoms with Crippen LogP contribution in [0.3, 0.4) is 0 Å². The highest BCUT2D eigenvalue weighted by atomic mass is 16.5. The van der Waals surface area contributed by atoms with Gasteiger partial charge < -0.3 is 14.9 Å². The summed E-state index contributed by atoms with van der Waals surface area (Å²) in [7, 11) is 0. The van der Waals surface area contributed by atoms with E-state index in [9.17, 15) is 9.59 Å². The van der Waals surface area contributed by atoms with E-state index in [-0.39, 0.29) is 18.4 Å². The number of carbonyl (C=O) groups excluding carboxylic acids is 2. The number of rotatable bonds is 5. The van der Waals surface area contributed by atoms with Crippen LogP contribution in [0.1, 0.15) is 39.0 Å². The van der Waals surface area contributed by atoms with Gasteiger partial charge in [0.15, 0.2) is 0 Å². The molecule has 0 aliphatic heterocycles. The van der Waals surface area contributed by atoms with Gasteiger partial charge in [0, 0.05) is 13.0 Å². The van der Waals surface area contributed by atoms with Crippen LogP contribution in [0.5, 0.6) is 0 Å². The van der Waals surface area contributed by atoms with Crippen LogP contribution in [0.15, 0.2) is 0 Å². The molecule has 5 heteroatoms. The summed E-state index contributed by atoms with van der Waals surface area (Å²) in [6.45, 7) is 8.68. The van der Waals surface area contributed by atoms with Crippen LogP contribution in [0.2, 0.25) is 0 Å². The molecule has 1 amide bonds. The van der Waals surface area contributed by atoms with Gasteiger partial charge in [-0.2, -0.15) is 0 Å². The van der Waals surface area contributed by atoms with Gasteiger partial charge in [-0.25, -0.2) is 6.57 Å². The van der Waals surface area contributed by atoms with E-state index in [1.54, 1.807) is 6.92 Å². The van der Waals surface area contributed by atoms with Crippen LogP contribution in [0, 0.1) is 6.57 Å². The van der Waals surface area contributed by atoms with E-state index < -0.39 is 12.1 Å². The van der Waals surface area contributed by atoms with Gasteiger partial charge in [-0.05, 0) is 12.8 Å². The molecule has 0 aromatic carbocycles. The molecule has 1 saturated carbocycles. The number of amides is 1. The Morgan fingerprint density at radius 3 is 2.65 bits per heavy atom. The van der Waals surface area contributed by atoms with E-state index in [0.29, 0.717) is 0 Å². The Balaban J connectivity index is 2.52. The molecule has 1 aliphatic rings. The Hall–Kier alpha value is -1.57. The SMILES string of the molecule is [C-]#[N+]C(C)C(OC=O)C(=O)NC1CCCCC1. The second-order valence-corrected chi connectivity index (χ2v) is 4.37. The summed E-state index contributed by atoms with van der Waals surface area (Å²) < 4.78 is 4.69. The van der Waals surface area contributed by atoms with E-state index >= 15 is 0 Å². The zero-order chi connectivity index (χ0) is 12.7. The Morgan fingerprint density at radius 2 is 2.12 bits per heavy atom. The molecule has 5 nitrogen and oxygen atoms in total. The topological polar surface area (TPSA) is 59.8 Å². The minimum Gasteiger partial charge on any atom is -0.446 e. The van der Waals surface area contributed by atoms with Crippen molar-refractivity contribution in [2.75, 3.05) is 0 Å². The summed E-state index contributed by atoms with van der Waals surface area (Å²) >= 11 is 0.